The zero-order valence-corrected chi connectivity index (χ0v) is 18.5. The highest BCUT2D eigenvalue weighted by atomic mass is 15.2. The number of anilines is 2. The first-order valence-electron chi connectivity index (χ1n) is 11.4. The van der Waals surface area contributed by atoms with Crippen molar-refractivity contribution in [3.8, 4) is 0 Å². The fraction of sp³-hybridized carbons (Fsp3) is 0.680. The minimum Gasteiger partial charge on any atom is -0.397 e. The number of benzene rings is 1. The minimum absolute atomic E-state index is 0.155. The molecule has 0 radical (unpaired) electrons. The molecule has 2 fully saturated rings. The Kier molecular flexibility index (Phi) is 6.75. The van der Waals surface area contributed by atoms with Crippen LogP contribution in [-0.4, -0.2) is 28.6 Å². The van der Waals surface area contributed by atoms with E-state index in [0.717, 1.165) is 35.7 Å². The Morgan fingerprint density at radius 3 is 2.46 bits per heavy atom. The molecular weight excluding hydrogens is 342 g/mol. The third kappa shape index (κ3) is 4.74. The van der Waals surface area contributed by atoms with Crippen molar-refractivity contribution >= 4 is 11.4 Å². The lowest BCUT2D eigenvalue weighted by Gasteiger charge is -2.43. The second-order valence-corrected chi connectivity index (χ2v) is 9.88. The molecule has 0 bridgehead atoms. The van der Waals surface area contributed by atoms with Crippen molar-refractivity contribution in [2.45, 2.75) is 96.3 Å². The lowest BCUT2D eigenvalue weighted by atomic mass is 9.78. The van der Waals surface area contributed by atoms with Crippen molar-refractivity contribution < 1.29 is 0 Å². The second-order valence-electron chi connectivity index (χ2n) is 9.88. The Labute approximate surface area is 172 Å². The first-order chi connectivity index (χ1) is 13.3. The Morgan fingerprint density at radius 1 is 1.18 bits per heavy atom. The van der Waals surface area contributed by atoms with E-state index in [1.807, 2.05) is 18.2 Å². The molecule has 3 N–H and O–H groups in total. The standard InChI is InChI=1S/C25H41N3/c1-6-25(5,27-24-10-8-7-9-23(24)26)17-22-14-11-19(4)28(22)21-15-12-20(13-16-21)18(2)3/h6-10,18-22,27H,1,11-17,26H2,2-5H3/t19-,20-,21+,22-,25+/m0/s1. The van der Waals surface area contributed by atoms with Gasteiger partial charge in [0.2, 0.25) is 0 Å². The van der Waals surface area contributed by atoms with Crippen molar-refractivity contribution in [1.82, 2.24) is 4.90 Å². The van der Waals surface area contributed by atoms with Gasteiger partial charge in [0, 0.05) is 18.1 Å². The zero-order chi connectivity index (χ0) is 20.3. The maximum absolute atomic E-state index is 6.19. The molecule has 28 heavy (non-hydrogen) atoms. The van der Waals surface area contributed by atoms with Crippen LogP contribution in [0.5, 0.6) is 0 Å². The van der Waals surface area contributed by atoms with Crippen molar-refractivity contribution in [2.24, 2.45) is 11.8 Å². The molecule has 3 rings (SSSR count). The highest BCUT2D eigenvalue weighted by molar-refractivity contribution is 5.67. The van der Waals surface area contributed by atoms with Crippen molar-refractivity contribution in [3.05, 3.63) is 36.9 Å². The predicted octanol–water partition coefficient (Wildman–Crippen LogP) is 6.08. The van der Waals surface area contributed by atoms with E-state index < -0.39 is 0 Å². The van der Waals surface area contributed by atoms with Crippen LogP contribution in [-0.2, 0) is 0 Å². The maximum atomic E-state index is 6.19. The summed E-state index contributed by atoms with van der Waals surface area (Å²) in [5.74, 6) is 1.76. The summed E-state index contributed by atoms with van der Waals surface area (Å²) in [4.78, 5) is 2.87. The highest BCUT2D eigenvalue weighted by Gasteiger charge is 2.40. The number of likely N-dealkylation sites (tertiary alicyclic amines) is 1. The number of hydrogen-bond acceptors (Lipinski definition) is 3. The van der Waals surface area contributed by atoms with Gasteiger partial charge >= 0.3 is 0 Å². The number of nitrogens with zero attached hydrogens (tertiary/aromatic N) is 1. The van der Waals surface area contributed by atoms with Crippen LogP contribution < -0.4 is 11.1 Å². The third-order valence-corrected chi connectivity index (χ3v) is 7.45. The molecule has 0 unspecified atom stereocenters. The molecule has 0 aromatic heterocycles. The summed E-state index contributed by atoms with van der Waals surface area (Å²) in [7, 11) is 0. The highest BCUT2D eigenvalue weighted by Crippen LogP contribution is 2.39. The number of para-hydroxylation sites is 2. The molecule has 1 saturated carbocycles. The summed E-state index contributed by atoms with van der Waals surface area (Å²) in [6, 6.07) is 10.1. The van der Waals surface area contributed by atoms with Crippen LogP contribution in [0.1, 0.15) is 72.6 Å². The van der Waals surface area contributed by atoms with Gasteiger partial charge in [-0.05, 0) is 82.8 Å². The molecule has 0 spiro atoms. The number of hydrogen-bond donors (Lipinski definition) is 2. The zero-order valence-electron chi connectivity index (χ0n) is 18.5. The van der Waals surface area contributed by atoms with E-state index in [-0.39, 0.29) is 5.54 Å². The summed E-state index contributed by atoms with van der Waals surface area (Å²) < 4.78 is 0. The monoisotopic (exact) mass is 383 g/mol. The van der Waals surface area contributed by atoms with Gasteiger partial charge in [-0.1, -0.05) is 32.1 Å². The minimum atomic E-state index is -0.155. The molecule has 156 valence electrons. The molecule has 1 aromatic carbocycles. The third-order valence-electron chi connectivity index (χ3n) is 7.45. The number of rotatable bonds is 7. The summed E-state index contributed by atoms with van der Waals surface area (Å²) in [6.07, 6.45) is 11.3. The maximum Gasteiger partial charge on any atom is 0.0580 e. The molecule has 3 nitrogen and oxygen atoms in total. The van der Waals surface area contributed by atoms with Gasteiger partial charge in [-0.3, -0.25) is 4.90 Å². The molecular formula is C25H41N3. The van der Waals surface area contributed by atoms with Crippen LogP contribution in [0.15, 0.2) is 36.9 Å². The summed E-state index contributed by atoms with van der Waals surface area (Å²) in [5.41, 5.74) is 7.85. The van der Waals surface area contributed by atoms with Gasteiger partial charge in [0.15, 0.2) is 0 Å². The Morgan fingerprint density at radius 2 is 1.86 bits per heavy atom. The smallest absolute Gasteiger partial charge is 0.0580 e. The summed E-state index contributed by atoms with van der Waals surface area (Å²) >= 11 is 0. The van der Waals surface area contributed by atoms with Crippen molar-refractivity contribution in [1.29, 1.82) is 0 Å². The molecule has 2 aliphatic rings. The van der Waals surface area contributed by atoms with Gasteiger partial charge in [-0.25, -0.2) is 0 Å². The van der Waals surface area contributed by atoms with E-state index >= 15 is 0 Å². The first kappa shape index (κ1) is 21.2. The molecule has 3 heteroatoms. The summed E-state index contributed by atoms with van der Waals surface area (Å²) in [5, 5.41) is 3.69. The van der Waals surface area contributed by atoms with E-state index in [4.69, 9.17) is 5.73 Å². The van der Waals surface area contributed by atoms with Crippen molar-refractivity contribution in [2.75, 3.05) is 11.1 Å². The largest absolute Gasteiger partial charge is 0.397 e. The van der Waals surface area contributed by atoms with E-state index in [0.29, 0.717) is 12.1 Å². The molecule has 0 amide bonds. The Bertz CT molecular complexity index is 647. The van der Waals surface area contributed by atoms with Gasteiger partial charge in [0.25, 0.3) is 0 Å². The molecule has 1 heterocycles. The van der Waals surface area contributed by atoms with Crippen molar-refractivity contribution in [3.63, 3.8) is 0 Å². The molecule has 3 atom stereocenters. The predicted molar refractivity (Wildman–Crippen MR) is 123 cm³/mol. The number of nitrogen functional groups attached to an aromatic ring is 1. The fourth-order valence-electron chi connectivity index (χ4n) is 5.62. The number of nitrogens with two attached hydrogens (primary N) is 1. The second kappa shape index (κ2) is 8.90. The van der Waals surface area contributed by atoms with Gasteiger partial charge in [-0.15, -0.1) is 6.58 Å². The summed E-state index contributed by atoms with van der Waals surface area (Å²) in [6.45, 7) is 13.6. The lowest BCUT2D eigenvalue weighted by Crippen LogP contribution is -2.48. The van der Waals surface area contributed by atoms with Crippen LogP contribution in [0.3, 0.4) is 0 Å². The fourth-order valence-corrected chi connectivity index (χ4v) is 5.62. The quantitative estimate of drug-likeness (QED) is 0.442. The molecule has 1 aromatic rings. The normalized spacial score (nSPS) is 30.9. The van der Waals surface area contributed by atoms with E-state index in [1.54, 1.807) is 0 Å². The molecule has 1 aliphatic carbocycles. The van der Waals surface area contributed by atoms with E-state index in [1.165, 1.54) is 38.5 Å². The van der Waals surface area contributed by atoms with Crippen LogP contribution >= 0.6 is 0 Å². The Hall–Kier alpha value is -1.48. The van der Waals surface area contributed by atoms with E-state index in [9.17, 15) is 0 Å². The molecule has 1 aliphatic heterocycles. The average Bonchev–Trinajstić information content (AvgIpc) is 3.03. The van der Waals surface area contributed by atoms with Crippen LogP contribution in [0.25, 0.3) is 0 Å². The number of nitrogens with one attached hydrogen (secondary N) is 1. The van der Waals surface area contributed by atoms with Crippen LogP contribution in [0.2, 0.25) is 0 Å². The lowest BCUT2D eigenvalue weighted by molar-refractivity contribution is 0.0758. The topological polar surface area (TPSA) is 41.3 Å². The van der Waals surface area contributed by atoms with Crippen LogP contribution in [0, 0.1) is 11.8 Å². The van der Waals surface area contributed by atoms with Gasteiger partial charge in [0.05, 0.1) is 16.9 Å². The van der Waals surface area contributed by atoms with Crippen LogP contribution in [0.4, 0.5) is 11.4 Å². The first-order valence-corrected chi connectivity index (χ1v) is 11.4. The van der Waals surface area contributed by atoms with E-state index in [2.05, 4.69) is 56.6 Å². The Balaban J connectivity index is 1.69. The van der Waals surface area contributed by atoms with Gasteiger partial charge < -0.3 is 11.1 Å². The SMILES string of the molecule is C=C[C@](C)(C[C@@H]1CC[C@H](C)N1[C@H]1CC[C@@H](C(C)C)CC1)Nc1ccccc1N. The van der Waals surface area contributed by atoms with Gasteiger partial charge in [-0.2, -0.15) is 0 Å². The average molecular weight is 384 g/mol. The molecule has 1 saturated heterocycles. The van der Waals surface area contributed by atoms with Gasteiger partial charge in [0.1, 0.15) is 0 Å².